The van der Waals surface area contributed by atoms with Crippen molar-refractivity contribution < 1.29 is 4.79 Å². The number of nitrogens with zero attached hydrogens (tertiary/aromatic N) is 1. The summed E-state index contributed by atoms with van der Waals surface area (Å²) in [6, 6.07) is 3.09. The largest absolute Gasteiger partial charge is 0.323 e. The van der Waals surface area contributed by atoms with Crippen LogP contribution < -0.4 is 11.1 Å². The summed E-state index contributed by atoms with van der Waals surface area (Å²) in [5.41, 5.74) is 6.33. The van der Waals surface area contributed by atoms with Crippen LogP contribution in [0.3, 0.4) is 0 Å². The highest BCUT2D eigenvalue weighted by Crippen LogP contribution is 2.10. The molecule has 15 heavy (non-hydrogen) atoms. The van der Waals surface area contributed by atoms with E-state index in [-0.39, 0.29) is 5.91 Å². The molecular weight excluding hydrogens is 258 g/mol. The number of hydrogen-bond donors (Lipinski definition) is 2. The highest BCUT2D eigenvalue weighted by atomic mass is 79.9. The Kier molecular flexibility index (Phi) is 4.71. The number of amides is 1. The maximum absolute atomic E-state index is 11.5. The average molecular weight is 272 g/mol. The minimum Gasteiger partial charge on any atom is -0.323 e. The average Bonchev–Trinajstić information content (AvgIpc) is 2.22. The van der Waals surface area contributed by atoms with Gasteiger partial charge in [-0.2, -0.15) is 0 Å². The molecule has 0 bridgehead atoms. The minimum absolute atomic E-state index is 0.166. The van der Waals surface area contributed by atoms with Crippen LogP contribution in [0.2, 0.25) is 0 Å². The Labute approximate surface area is 97.4 Å². The Morgan fingerprint density at radius 3 is 2.93 bits per heavy atom. The lowest BCUT2D eigenvalue weighted by Gasteiger charge is -2.10. The second-order valence-corrected chi connectivity index (χ2v) is 4.07. The van der Waals surface area contributed by atoms with Crippen LogP contribution >= 0.6 is 15.9 Å². The van der Waals surface area contributed by atoms with Crippen LogP contribution in [0.5, 0.6) is 0 Å². The van der Waals surface area contributed by atoms with E-state index in [1.807, 2.05) is 6.92 Å². The molecule has 0 aromatic carbocycles. The summed E-state index contributed by atoms with van der Waals surface area (Å²) >= 11 is 3.22. The van der Waals surface area contributed by atoms with Gasteiger partial charge in [-0.15, -0.1) is 0 Å². The van der Waals surface area contributed by atoms with Crippen LogP contribution in [0.4, 0.5) is 5.69 Å². The second kappa shape index (κ2) is 5.82. The van der Waals surface area contributed by atoms with Gasteiger partial charge in [0.1, 0.15) is 4.60 Å². The molecule has 1 aromatic rings. The fraction of sp³-hybridized carbons (Fsp3) is 0.400. The van der Waals surface area contributed by atoms with Gasteiger partial charge in [0, 0.05) is 0 Å². The van der Waals surface area contributed by atoms with E-state index in [0.717, 1.165) is 11.0 Å². The highest BCUT2D eigenvalue weighted by Gasteiger charge is 2.11. The maximum Gasteiger partial charge on any atom is 0.241 e. The fourth-order valence-electron chi connectivity index (χ4n) is 1.13. The first-order chi connectivity index (χ1) is 7.13. The molecule has 1 heterocycles. The quantitative estimate of drug-likeness (QED) is 0.823. The molecule has 0 spiro atoms. The number of carbonyl (C=O) groups is 1. The lowest BCUT2D eigenvalue weighted by molar-refractivity contribution is -0.117. The molecule has 0 aliphatic heterocycles. The number of nitrogens with two attached hydrogens (primary N) is 1. The smallest absolute Gasteiger partial charge is 0.241 e. The van der Waals surface area contributed by atoms with E-state index in [4.69, 9.17) is 5.73 Å². The van der Waals surface area contributed by atoms with Gasteiger partial charge in [-0.1, -0.05) is 13.3 Å². The molecule has 1 amide bonds. The SMILES string of the molecule is CCC[C@H](N)C(=O)Nc1ccc(Br)nc1. The van der Waals surface area contributed by atoms with E-state index >= 15 is 0 Å². The van der Waals surface area contributed by atoms with Gasteiger partial charge >= 0.3 is 0 Å². The molecule has 0 aliphatic carbocycles. The fourth-order valence-corrected chi connectivity index (χ4v) is 1.36. The standard InChI is InChI=1S/C10H14BrN3O/c1-2-3-8(12)10(15)14-7-4-5-9(11)13-6-7/h4-6,8H,2-3,12H2,1H3,(H,14,15)/t8-/m0/s1. The lowest BCUT2D eigenvalue weighted by atomic mass is 10.1. The van der Waals surface area contributed by atoms with E-state index in [9.17, 15) is 4.79 Å². The Morgan fingerprint density at radius 2 is 2.40 bits per heavy atom. The molecule has 0 radical (unpaired) electrons. The summed E-state index contributed by atoms with van der Waals surface area (Å²) in [5.74, 6) is -0.166. The van der Waals surface area contributed by atoms with Crippen LogP contribution in [0, 0.1) is 0 Å². The van der Waals surface area contributed by atoms with E-state index in [0.29, 0.717) is 12.1 Å². The first-order valence-corrected chi connectivity index (χ1v) is 5.60. The van der Waals surface area contributed by atoms with Crippen molar-refractivity contribution >= 4 is 27.5 Å². The van der Waals surface area contributed by atoms with Crippen molar-refractivity contribution in [1.29, 1.82) is 0 Å². The highest BCUT2D eigenvalue weighted by molar-refractivity contribution is 9.10. The Morgan fingerprint density at radius 1 is 1.67 bits per heavy atom. The molecule has 0 unspecified atom stereocenters. The number of carbonyl (C=O) groups excluding carboxylic acids is 1. The molecule has 0 aliphatic rings. The van der Waals surface area contributed by atoms with Gasteiger partial charge in [0.2, 0.25) is 5.91 Å². The summed E-state index contributed by atoms with van der Waals surface area (Å²) in [6.07, 6.45) is 3.17. The number of pyridine rings is 1. The molecule has 82 valence electrons. The molecule has 0 saturated heterocycles. The van der Waals surface area contributed by atoms with Crippen LogP contribution in [0.1, 0.15) is 19.8 Å². The first kappa shape index (κ1) is 12.1. The number of anilines is 1. The molecular formula is C10H14BrN3O. The number of hydrogen-bond acceptors (Lipinski definition) is 3. The number of nitrogens with one attached hydrogen (secondary N) is 1. The predicted octanol–water partition coefficient (Wildman–Crippen LogP) is 1.91. The molecule has 1 atom stereocenters. The summed E-state index contributed by atoms with van der Waals surface area (Å²) in [5, 5.41) is 2.71. The van der Waals surface area contributed by atoms with E-state index in [2.05, 4.69) is 26.2 Å². The van der Waals surface area contributed by atoms with Crippen molar-refractivity contribution in [2.45, 2.75) is 25.8 Å². The molecule has 0 saturated carbocycles. The van der Waals surface area contributed by atoms with Crippen molar-refractivity contribution in [3.05, 3.63) is 22.9 Å². The van der Waals surface area contributed by atoms with Crippen molar-refractivity contribution in [3.63, 3.8) is 0 Å². The van der Waals surface area contributed by atoms with Crippen molar-refractivity contribution in [2.24, 2.45) is 5.73 Å². The van der Waals surface area contributed by atoms with Gasteiger partial charge in [-0.25, -0.2) is 4.98 Å². The predicted molar refractivity (Wildman–Crippen MR) is 63.5 cm³/mol. The molecule has 1 rings (SSSR count). The third kappa shape index (κ3) is 3.97. The van der Waals surface area contributed by atoms with Gasteiger partial charge < -0.3 is 11.1 Å². The monoisotopic (exact) mass is 271 g/mol. The zero-order chi connectivity index (χ0) is 11.3. The number of aromatic nitrogens is 1. The second-order valence-electron chi connectivity index (χ2n) is 3.25. The van der Waals surface area contributed by atoms with E-state index < -0.39 is 6.04 Å². The zero-order valence-corrected chi connectivity index (χ0v) is 10.1. The Balaban J connectivity index is 2.54. The topological polar surface area (TPSA) is 68.0 Å². The molecule has 5 heteroatoms. The van der Waals surface area contributed by atoms with Gasteiger partial charge in [0.15, 0.2) is 0 Å². The minimum atomic E-state index is -0.446. The maximum atomic E-state index is 11.5. The molecule has 1 aromatic heterocycles. The van der Waals surface area contributed by atoms with Gasteiger partial charge in [0.05, 0.1) is 17.9 Å². The zero-order valence-electron chi connectivity index (χ0n) is 8.53. The number of halogens is 1. The normalized spacial score (nSPS) is 12.2. The van der Waals surface area contributed by atoms with Gasteiger partial charge in [0.25, 0.3) is 0 Å². The lowest BCUT2D eigenvalue weighted by Crippen LogP contribution is -2.35. The third-order valence-corrected chi connectivity index (χ3v) is 2.40. The van der Waals surface area contributed by atoms with Crippen LogP contribution in [0.15, 0.2) is 22.9 Å². The molecule has 3 N–H and O–H groups in total. The van der Waals surface area contributed by atoms with Crippen molar-refractivity contribution in [2.75, 3.05) is 5.32 Å². The molecule has 4 nitrogen and oxygen atoms in total. The number of rotatable bonds is 4. The van der Waals surface area contributed by atoms with Crippen LogP contribution in [-0.2, 0) is 4.79 Å². The third-order valence-electron chi connectivity index (χ3n) is 1.93. The van der Waals surface area contributed by atoms with Gasteiger partial charge in [-0.05, 0) is 34.5 Å². The van der Waals surface area contributed by atoms with Gasteiger partial charge in [-0.3, -0.25) is 4.79 Å². The van der Waals surface area contributed by atoms with Crippen molar-refractivity contribution in [1.82, 2.24) is 4.98 Å². The Hall–Kier alpha value is -0.940. The Bertz CT molecular complexity index is 326. The van der Waals surface area contributed by atoms with Crippen LogP contribution in [-0.4, -0.2) is 16.9 Å². The van der Waals surface area contributed by atoms with Crippen molar-refractivity contribution in [3.8, 4) is 0 Å². The van der Waals surface area contributed by atoms with E-state index in [1.54, 1.807) is 18.3 Å². The summed E-state index contributed by atoms with van der Waals surface area (Å²) in [4.78, 5) is 15.5. The molecule has 0 fully saturated rings. The summed E-state index contributed by atoms with van der Waals surface area (Å²) < 4.78 is 0.735. The first-order valence-electron chi connectivity index (χ1n) is 4.81. The summed E-state index contributed by atoms with van der Waals surface area (Å²) in [6.45, 7) is 1.99. The van der Waals surface area contributed by atoms with Crippen LogP contribution in [0.25, 0.3) is 0 Å². The summed E-state index contributed by atoms with van der Waals surface area (Å²) in [7, 11) is 0. The van der Waals surface area contributed by atoms with E-state index in [1.165, 1.54) is 0 Å².